The normalized spacial score (nSPS) is 17.2. The Morgan fingerprint density at radius 2 is 2.13 bits per heavy atom. The average Bonchev–Trinajstić information content (AvgIpc) is 3.36. The van der Waals surface area contributed by atoms with Crippen molar-refractivity contribution in [2.24, 2.45) is 0 Å². The van der Waals surface area contributed by atoms with Gasteiger partial charge in [-0.2, -0.15) is 19.6 Å². The van der Waals surface area contributed by atoms with Crippen LogP contribution in [0.1, 0.15) is 24.0 Å². The molecule has 10 nitrogen and oxygen atoms in total. The van der Waals surface area contributed by atoms with Crippen molar-refractivity contribution in [1.82, 2.24) is 30.2 Å². The quantitative estimate of drug-likeness (QED) is 0.364. The summed E-state index contributed by atoms with van der Waals surface area (Å²) >= 11 is 3.50. The molecule has 3 amide bonds. The summed E-state index contributed by atoms with van der Waals surface area (Å²) in [5, 5.41) is 12.5. The highest BCUT2D eigenvalue weighted by Gasteiger charge is 2.26. The minimum absolute atomic E-state index is 0.152. The number of fused-ring (bicyclic) bond motifs is 1. The smallest absolute Gasteiger partial charge is 0.326 e. The average molecular weight is 483 g/mol. The lowest BCUT2D eigenvalue weighted by Crippen LogP contribution is -2.22. The van der Waals surface area contributed by atoms with E-state index in [0.29, 0.717) is 35.7 Å². The second kappa shape index (κ2) is 7.65. The Morgan fingerprint density at radius 1 is 1.29 bits per heavy atom. The van der Waals surface area contributed by atoms with Crippen LogP contribution in [0.25, 0.3) is 11.7 Å². The number of rotatable bonds is 6. The Morgan fingerprint density at radius 3 is 2.84 bits per heavy atom. The van der Waals surface area contributed by atoms with Crippen LogP contribution in [-0.4, -0.2) is 44.6 Å². The van der Waals surface area contributed by atoms with Crippen LogP contribution < -0.4 is 20.9 Å². The Labute approximate surface area is 185 Å². The number of nitrogens with one attached hydrogen (secondary N) is 3. The van der Waals surface area contributed by atoms with Gasteiger partial charge < -0.3 is 15.5 Å². The second-order valence-corrected chi connectivity index (χ2v) is 8.47. The number of hydrogen-bond donors (Lipinski definition) is 3. The Kier molecular flexibility index (Phi) is 4.81. The lowest BCUT2D eigenvalue weighted by atomic mass is 10.2. The highest BCUT2D eigenvalue weighted by Crippen LogP contribution is 2.26. The SMILES string of the molecule is CN(Cc1cccc(Br)c1)c1nc(NC2CC2)n2ncc(/C=C3\NC(=O)NC3=O)c2n1. The molecular weight excluding hydrogens is 464 g/mol. The molecule has 0 spiro atoms. The number of hydrogen-bond acceptors (Lipinski definition) is 7. The van der Waals surface area contributed by atoms with Gasteiger partial charge >= 0.3 is 6.03 Å². The van der Waals surface area contributed by atoms with E-state index in [1.165, 1.54) is 0 Å². The van der Waals surface area contributed by atoms with Crippen LogP contribution in [0.4, 0.5) is 16.7 Å². The highest BCUT2D eigenvalue weighted by molar-refractivity contribution is 9.10. The van der Waals surface area contributed by atoms with E-state index in [9.17, 15) is 9.59 Å². The molecule has 3 aromatic rings. The van der Waals surface area contributed by atoms with Gasteiger partial charge in [0.05, 0.1) is 6.20 Å². The number of benzene rings is 1. The number of imide groups is 1. The lowest BCUT2D eigenvalue weighted by Gasteiger charge is -2.19. The van der Waals surface area contributed by atoms with Crippen molar-refractivity contribution in [2.45, 2.75) is 25.4 Å². The predicted octanol–water partition coefficient (Wildman–Crippen LogP) is 2.28. The fourth-order valence-electron chi connectivity index (χ4n) is 3.28. The van der Waals surface area contributed by atoms with Crippen LogP contribution in [0.15, 0.2) is 40.6 Å². The van der Waals surface area contributed by atoms with Crippen LogP contribution in [0.2, 0.25) is 0 Å². The molecule has 2 aromatic heterocycles. The Hall–Kier alpha value is -3.47. The third kappa shape index (κ3) is 4.08. The zero-order valence-electron chi connectivity index (χ0n) is 16.6. The number of amides is 3. The molecule has 0 atom stereocenters. The van der Waals surface area contributed by atoms with Crippen molar-refractivity contribution in [3.8, 4) is 0 Å². The van der Waals surface area contributed by atoms with Crippen molar-refractivity contribution < 1.29 is 9.59 Å². The van der Waals surface area contributed by atoms with Crippen molar-refractivity contribution in [3.05, 3.63) is 51.8 Å². The molecule has 1 aliphatic heterocycles. The van der Waals surface area contributed by atoms with Gasteiger partial charge in [0.1, 0.15) is 5.70 Å². The van der Waals surface area contributed by atoms with Crippen LogP contribution in [0.3, 0.4) is 0 Å². The van der Waals surface area contributed by atoms with Gasteiger partial charge in [0.25, 0.3) is 5.91 Å². The van der Waals surface area contributed by atoms with Crippen LogP contribution in [0, 0.1) is 0 Å². The van der Waals surface area contributed by atoms with Gasteiger partial charge in [0.15, 0.2) is 5.65 Å². The third-order valence-electron chi connectivity index (χ3n) is 4.96. The number of carbonyl (C=O) groups is 2. The molecule has 0 unspecified atom stereocenters. The molecule has 2 fully saturated rings. The fraction of sp³-hybridized carbons (Fsp3) is 0.250. The van der Waals surface area contributed by atoms with Crippen molar-refractivity contribution >= 4 is 51.5 Å². The molecule has 158 valence electrons. The maximum atomic E-state index is 11.9. The van der Waals surface area contributed by atoms with E-state index in [0.717, 1.165) is 22.9 Å². The van der Waals surface area contributed by atoms with Gasteiger partial charge in [-0.1, -0.05) is 28.1 Å². The van der Waals surface area contributed by atoms with E-state index in [4.69, 9.17) is 9.97 Å². The van der Waals surface area contributed by atoms with Gasteiger partial charge in [-0.15, -0.1) is 0 Å². The molecule has 0 radical (unpaired) electrons. The predicted molar refractivity (Wildman–Crippen MR) is 118 cm³/mol. The number of nitrogens with zero attached hydrogens (tertiary/aromatic N) is 5. The van der Waals surface area contributed by atoms with Crippen LogP contribution in [-0.2, 0) is 11.3 Å². The van der Waals surface area contributed by atoms with Crippen molar-refractivity contribution in [3.63, 3.8) is 0 Å². The largest absolute Gasteiger partial charge is 0.351 e. The molecule has 1 aromatic carbocycles. The minimum atomic E-state index is -0.548. The van der Waals surface area contributed by atoms with E-state index in [1.807, 2.05) is 30.1 Å². The van der Waals surface area contributed by atoms with Gasteiger partial charge in [0.2, 0.25) is 11.9 Å². The van der Waals surface area contributed by atoms with E-state index < -0.39 is 11.9 Å². The van der Waals surface area contributed by atoms with Gasteiger partial charge in [-0.25, -0.2) is 4.79 Å². The number of anilines is 2. The van der Waals surface area contributed by atoms with Gasteiger partial charge in [-0.05, 0) is 36.6 Å². The van der Waals surface area contributed by atoms with E-state index in [2.05, 4.69) is 43.0 Å². The van der Waals surface area contributed by atoms with Gasteiger partial charge in [0, 0.05) is 29.7 Å². The number of aromatic nitrogens is 4. The molecule has 1 saturated carbocycles. The topological polar surface area (TPSA) is 117 Å². The van der Waals surface area contributed by atoms with E-state index >= 15 is 0 Å². The summed E-state index contributed by atoms with van der Waals surface area (Å²) < 4.78 is 2.63. The third-order valence-corrected chi connectivity index (χ3v) is 5.46. The summed E-state index contributed by atoms with van der Waals surface area (Å²) in [5.74, 6) is 0.630. The van der Waals surface area contributed by atoms with Gasteiger partial charge in [-0.3, -0.25) is 10.1 Å². The minimum Gasteiger partial charge on any atom is -0.351 e. The van der Waals surface area contributed by atoms with Crippen molar-refractivity contribution in [1.29, 1.82) is 0 Å². The first kappa shape index (κ1) is 19.5. The molecule has 0 bridgehead atoms. The summed E-state index contributed by atoms with van der Waals surface area (Å²) in [4.78, 5) is 34.7. The number of urea groups is 1. The number of carbonyl (C=O) groups excluding carboxylic acids is 2. The Balaban J connectivity index is 1.54. The first-order chi connectivity index (χ1) is 15.0. The van der Waals surface area contributed by atoms with Crippen molar-refractivity contribution in [2.75, 3.05) is 17.3 Å². The molecule has 1 aliphatic carbocycles. The standard InChI is InChI=1S/C20H19BrN8O2/c1-28(10-11-3-2-4-13(21)7-11)18-25-16-12(8-15-17(30)26-20(31)24-15)9-22-29(16)19(27-18)23-14-5-6-14/h2-4,7-9,14H,5-6,10H2,1H3,(H,23,25,27)(H2,24,26,30,31)/b15-8-. The molecule has 3 heterocycles. The highest BCUT2D eigenvalue weighted by atomic mass is 79.9. The summed E-state index contributed by atoms with van der Waals surface area (Å²) in [6.07, 6.45) is 5.33. The molecule has 11 heteroatoms. The molecule has 2 aliphatic rings. The lowest BCUT2D eigenvalue weighted by molar-refractivity contribution is -0.115. The second-order valence-electron chi connectivity index (χ2n) is 7.55. The summed E-state index contributed by atoms with van der Waals surface area (Å²) in [5.41, 5.74) is 2.40. The first-order valence-electron chi connectivity index (χ1n) is 9.78. The fourth-order valence-corrected chi connectivity index (χ4v) is 3.72. The number of halogens is 1. The van der Waals surface area contributed by atoms with Crippen LogP contribution in [0.5, 0.6) is 0 Å². The first-order valence-corrected chi connectivity index (χ1v) is 10.6. The maximum absolute atomic E-state index is 11.9. The molecular formula is C20H19BrN8O2. The molecule has 1 saturated heterocycles. The summed E-state index contributed by atoms with van der Waals surface area (Å²) in [7, 11) is 1.92. The molecule has 3 N–H and O–H groups in total. The van der Waals surface area contributed by atoms with Crippen LogP contribution >= 0.6 is 15.9 Å². The zero-order chi connectivity index (χ0) is 21.5. The molecule has 31 heavy (non-hydrogen) atoms. The Bertz CT molecular complexity index is 1230. The molecule has 5 rings (SSSR count). The summed E-state index contributed by atoms with van der Waals surface area (Å²) in [6, 6.07) is 7.88. The zero-order valence-corrected chi connectivity index (χ0v) is 18.2. The maximum Gasteiger partial charge on any atom is 0.326 e. The monoisotopic (exact) mass is 482 g/mol. The summed E-state index contributed by atoms with van der Waals surface area (Å²) in [6.45, 7) is 0.613. The van der Waals surface area contributed by atoms with E-state index in [-0.39, 0.29) is 5.70 Å². The van der Waals surface area contributed by atoms with E-state index in [1.54, 1.807) is 16.8 Å².